The first-order chi connectivity index (χ1) is 32.1. The van der Waals surface area contributed by atoms with Crippen LogP contribution in [0.2, 0.25) is 13.1 Å². The van der Waals surface area contributed by atoms with Gasteiger partial charge in [-0.25, -0.2) is 0 Å². The average molecular weight is 1010 g/mol. The van der Waals surface area contributed by atoms with Gasteiger partial charge >= 0.3 is 410 Å². The fourth-order valence-corrected chi connectivity index (χ4v) is 46.0. The van der Waals surface area contributed by atoms with E-state index in [-0.39, 0.29) is 18.1 Å². The zero-order valence-electron chi connectivity index (χ0n) is 40.4. The van der Waals surface area contributed by atoms with E-state index in [9.17, 15) is 17.0 Å². The monoisotopic (exact) mass is 1010 g/mol. The predicted octanol–water partition coefficient (Wildman–Crippen LogP) is 19.9. The number of benzene rings is 6. The Balaban J connectivity index is 1.23. The van der Waals surface area contributed by atoms with Crippen molar-refractivity contribution in [1.82, 2.24) is 0 Å². The Morgan fingerprint density at radius 2 is 0.833 bits per heavy atom. The molecule has 0 aliphatic heterocycles. The second kappa shape index (κ2) is 19.1. The molecule has 2 fully saturated rings. The standard InChI is InChI=1S/2C30H33.C2H7Si.2ClH.Zr/c2*1-2-17-30(18-7-3-4-8-19-30)22-23-20-25-13-10-16-28(29(25)21-23)27-15-9-12-24-11-5-6-14-26(24)27;1-3-2;;;/h2*5-6,9-16,20-21H,2-4,7-8,17-19,22H2,1H3;3H,1-2H3;2*1H;/q;;;;;+2/p-2. The Bertz CT molecular complexity index is 2600. The van der Waals surface area contributed by atoms with Gasteiger partial charge in [0.05, 0.1) is 0 Å². The van der Waals surface area contributed by atoms with Gasteiger partial charge in [0.1, 0.15) is 0 Å². The summed E-state index contributed by atoms with van der Waals surface area (Å²) in [6.45, 7) is 10.0. The second-order valence-electron chi connectivity index (χ2n) is 22.0. The summed E-state index contributed by atoms with van der Waals surface area (Å²) < 4.78 is 0.139. The molecule has 0 N–H and O–H groups in total. The van der Waals surface area contributed by atoms with Gasteiger partial charge in [0.25, 0.3) is 0 Å². The molecule has 6 aromatic rings. The number of rotatable bonds is 13. The van der Waals surface area contributed by atoms with Crippen LogP contribution >= 0.6 is 17.0 Å². The van der Waals surface area contributed by atoms with Crippen LogP contribution in [-0.4, -0.2) is 5.92 Å². The molecular weight excluding hydrogens is 935 g/mol. The van der Waals surface area contributed by atoms with Crippen LogP contribution in [-0.2, 0) is 15.6 Å². The molecule has 0 bridgehead atoms. The third-order valence-electron chi connectivity index (χ3n) is 17.7. The topological polar surface area (TPSA) is 0 Å². The quantitative estimate of drug-likeness (QED) is 0.0799. The Kier molecular flexibility index (Phi) is 13.5. The molecule has 0 amide bonds. The van der Waals surface area contributed by atoms with Gasteiger partial charge in [0, 0.05) is 0 Å². The van der Waals surface area contributed by atoms with E-state index in [0.29, 0.717) is 0 Å². The Hall–Kier alpha value is -3.00. The van der Waals surface area contributed by atoms with Crippen LogP contribution in [0.1, 0.15) is 159 Å². The van der Waals surface area contributed by atoms with E-state index in [1.807, 2.05) is 0 Å². The first-order valence-electron chi connectivity index (χ1n) is 26.3. The van der Waals surface area contributed by atoms with Crippen molar-refractivity contribution in [2.24, 2.45) is 10.8 Å². The second-order valence-corrected chi connectivity index (χ2v) is 64.5. The van der Waals surface area contributed by atoms with Crippen molar-refractivity contribution in [3.8, 4) is 22.3 Å². The SMILES string of the molecule is CCCC1(CC2=Cc3c(-c4cccc5ccccc45)cccc3[CH]2[Zr]([Cl])([Cl])([CH]2C(CC3(CCC)CCCCCC3)=Cc3c(-c4cccc5ccccc45)cccc32)[SiH](C)C)CCCCCC1. The zero-order valence-corrected chi connectivity index (χ0v) is 45.5. The molecule has 4 aliphatic rings. The fraction of sp³-hybridized carbons (Fsp3) is 0.419. The van der Waals surface area contributed by atoms with Crippen molar-refractivity contribution in [2.45, 2.75) is 150 Å². The minimum absolute atomic E-state index is 0.0696. The van der Waals surface area contributed by atoms with Crippen LogP contribution in [0.3, 0.4) is 0 Å². The van der Waals surface area contributed by atoms with E-state index in [2.05, 4.69) is 160 Å². The van der Waals surface area contributed by atoms with Gasteiger partial charge in [-0.05, 0) is 0 Å². The van der Waals surface area contributed by atoms with E-state index in [1.54, 1.807) is 11.1 Å². The maximum atomic E-state index is 9.47. The summed E-state index contributed by atoms with van der Waals surface area (Å²) >= 11 is -5.25. The van der Waals surface area contributed by atoms with E-state index >= 15 is 0 Å². The van der Waals surface area contributed by atoms with E-state index < -0.39 is 21.5 Å². The fourth-order valence-electron chi connectivity index (χ4n) is 14.7. The molecule has 2 saturated carbocycles. The normalized spacial score (nSPS) is 21.1. The summed E-state index contributed by atoms with van der Waals surface area (Å²) in [5, 5.41) is 5.22. The Morgan fingerprint density at radius 3 is 1.23 bits per heavy atom. The van der Waals surface area contributed by atoms with Crippen molar-refractivity contribution < 1.29 is 15.6 Å². The van der Waals surface area contributed by atoms with Crippen LogP contribution < -0.4 is 0 Å². The van der Waals surface area contributed by atoms with Crippen LogP contribution in [0.5, 0.6) is 0 Å². The molecule has 343 valence electrons. The average Bonchev–Trinajstić information content (AvgIpc) is 3.69. The Morgan fingerprint density at radius 1 is 0.470 bits per heavy atom. The van der Waals surface area contributed by atoms with Gasteiger partial charge in [-0.3, -0.25) is 0 Å². The molecular formula is C62H73Cl2SiZr. The van der Waals surface area contributed by atoms with Crippen LogP contribution in [0.25, 0.3) is 56.0 Å². The molecule has 6 aromatic carbocycles. The minimum atomic E-state index is -5.25. The van der Waals surface area contributed by atoms with Gasteiger partial charge in [0.2, 0.25) is 0 Å². The van der Waals surface area contributed by atoms with Gasteiger partial charge in [0.15, 0.2) is 0 Å². The molecule has 0 spiro atoms. The number of halogens is 2. The Labute approximate surface area is 406 Å². The van der Waals surface area contributed by atoms with Gasteiger partial charge in [-0.2, -0.15) is 0 Å². The molecule has 0 aromatic heterocycles. The van der Waals surface area contributed by atoms with Crippen LogP contribution in [0, 0.1) is 10.8 Å². The molecule has 0 saturated heterocycles. The zero-order chi connectivity index (χ0) is 45.5. The number of allylic oxidation sites excluding steroid dienone is 2. The maximum absolute atomic E-state index is 9.47. The number of hydrogen-bond donors (Lipinski definition) is 0. The van der Waals surface area contributed by atoms with E-state index in [1.165, 1.54) is 169 Å². The molecule has 0 radical (unpaired) electrons. The molecule has 66 heavy (non-hydrogen) atoms. The molecule has 4 heteroatoms. The van der Waals surface area contributed by atoms with Crippen LogP contribution in [0.4, 0.5) is 0 Å². The molecule has 10 rings (SSSR count). The van der Waals surface area contributed by atoms with Gasteiger partial charge in [-0.15, -0.1) is 0 Å². The summed E-state index contributed by atoms with van der Waals surface area (Å²) in [5.41, 5.74) is 14.7. The third-order valence-corrected chi connectivity index (χ3v) is 69.6. The summed E-state index contributed by atoms with van der Waals surface area (Å²) in [4.78, 5) is 0. The van der Waals surface area contributed by atoms with Crippen molar-refractivity contribution in [3.63, 3.8) is 0 Å². The number of fused-ring (bicyclic) bond motifs is 4. The molecule has 2 atom stereocenters. The van der Waals surface area contributed by atoms with Crippen LogP contribution in [0.15, 0.2) is 132 Å². The van der Waals surface area contributed by atoms with E-state index in [0.717, 1.165) is 12.8 Å². The summed E-state index contributed by atoms with van der Waals surface area (Å²) in [7, 11) is 18.9. The third kappa shape index (κ3) is 8.27. The van der Waals surface area contributed by atoms with Crippen molar-refractivity contribution in [1.29, 1.82) is 0 Å². The van der Waals surface area contributed by atoms with Crippen molar-refractivity contribution in [2.75, 3.05) is 0 Å². The summed E-state index contributed by atoms with van der Waals surface area (Å²) in [6, 6.07) is 46.2. The number of hydrogen-bond acceptors (Lipinski definition) is 0. The summed E-state index contributed by atoms with van der Waals surface area (Å²) in [5.74, 6) is -1.83. The van der Waals surface area contributed by atoms with Crippen molar-refractivity contribution in [3.05, 3.63) is 155 Å². The predicted molar refractivity (Wildman–Crippen MR) is 290 cm³/mol. The van der Waals surface area contributed by atoms with E-state index in [4.69, 9.17) is 0 Å². The first kappa shape index (κ1) is 46.7. The molecule has 4 aliphatic carbocycles. The molecule has 0 nitrogen and oxygen atoms in total. The van der Waals surface area contributed by atoms with Crippen molar-refractivity contribution >= 4 is 56.6 Å². The molecule has 0 heterocycles. The molecule has 2 unspecified atom stereocenters. The first-order valence-corrected chi connectivity index (χ1v) is 42.6. The van der Waals surface area contributed by atoms with Gasteiger partial charge < -0.3 is 0 Å². The van der Waals surface area contributed by atoms with Gasteiger partial charge in [-0.1, -0.05) is 0 Å². The summed E-state index contributed by atoms with van der Waals surface area (Å²) in [6.07, 6.45) is 28.7.